The van der Waals surface area contributed by atoms with Crippen LogP contribution in [0.2, 0.25) is 0 Å². The van der Waals surface area contributed by atoms with Gasteiger partial charge in [-0.15, -0.1) is 0 Å². The van der Waals surface area contributed by atoms with Crippen molar-refractivity contribution in [2.75, 3.05) is 24.6 Å². The van der Waals surface area contributed by atoms with E-state index in [2.05, 4.69) is 4.98 Å². The van der Waals surface area contributed by atoms with Gasteiger partial charge in [0.15, 0.2) is 0 Å². The van der Waals surface area contributed by atoms with Crippen molar-refractivity contribution in [1.82, 2.24) is 4.98 Å². The monoisotopic (exact) mass is 396 g/mol. The summed E-state index contributed by atoms with van der Waals surface area (Å²) in [7, 11) is 0. The highest BCUT2D eigenvalue weighted by Gasteiger charge is 2.31. The second-order valence-corrected chi connectivity index (χ2v) is 6.11. The average Bonchev–Trinajstić information content (AvgIpc) is 2.67. The molecule has 0 saturated carbocycles. The Kier molecular flexibility index (Phi) is 5.18. The minimum Gasteiger partial charge on any atom is -0.370 e. The van der Waals surface area contributed by atoms with E-state index >= 15 is 0 Å². The third-order valence-electron chi connectivity index (χ3n) is 4.30. The summed E-state index contributed by atoms with van der Waals surface area (Å²) in [6.07, 6.45) is -3.98. The molecule has 1 aromatic heterocycles. The molecule has 1 saturated heterocycles. The molecule has 1 aliphatic rings. The van der Waals surface area contributed by atoms with Crippen LogP contribution in [0.1, 0.15) is 27.6 Å². The van der Waals surface area contributed by atoms with E-state index in [1.165, 1.54) is 12.1 Å². The maximum absolute atomic E-state index is 12.7. The van der Waals surface area contributed by atoms with Gasteiger partial charge in [-0.05, 0) is 17.7 Å². The molecule has 1 fully saturated rings. The number of anilines is 1. The molecule has 0 spiro atoms. The Morgan fingerprint density at radius 3 is 2.57 bits per heavy atom. The molecule has 2 heterocycles. The number of amides is 1. The normalized spacial score (nSPS) is 17.4. The van der Waals surface area contributed by atoms with Crippen LogP contribution in [0.15, 0.2) is 36.5 Å². The van der Waals surface area contributed by atoms with Crippen LogP contribution in [-0.4, -0.2) is 35.5 Å². The average molecular weight is 396 g/mol. The standard InChI is InChI=1S/C17H15F3N4O4/c18-17(19,20)11-3-1-10(2-4-11)14-9-23(5-6-28-14)16-13(15(21)25)7-12(8-22-16)24(26)27/h1-4,7-8,14H,5-6,9H2,(H2,21,25). The molecule has 2 aromatic rings. The lowest BCUT2D eigenvalue weighted by Crippen LogP contribution is -2.40. The molecule has 1 unspecified atom stereocenters. The Bertz CT molecular complexity index is 902. The maximum atomic E-state index is 12.7. The third-order valence-corrected chi connectivity index (χ3v) is 4.30. The van der Waals surface area contributed by atoms with Gasteiger partial charge in [0.25, 0.3) is 11.6 Å². The van der Waals surface area contributed by atoms with Crippen molar-refractivity contribution in [3.8, 4) is 0 Å². The molecule has 0 bridgehead atoms. The van der Waals surface area contributed by atoms with Crippen molar-refractivity contribution < 1.29 is 27.6 Å². The fourth-order valence-electron chi connectivity index (χ4n) is 2.91. The van der Waals surface area contributed by atoms with Crippen molar-refractivity contribution >= 4 is 17.4 Å². The largest absolute Gasteiger partial charge is 0.416 e. The molecule has 1 aliphatic heterocycles. The summed E-state index contributed by atoms with van der Waals surface area (Å²) < 4.78 is 43.8. The summed E-state index contributed by atoms with van der Waals surface area (Å²) in [6.45, 7) is 0.751. The lowest BCUT2D eigenvalue weighted by atomic mass is 10.0. The second kappa shape index (κ2) is 7.43. The van der Waals surface area contributed by atoms with E-state index in [1.54, 1.807) is 4.90 Å². The van der Waals surface area contributed by atoms with E-state index < -0.39 is 28.7 Å². The van der Waals surface area contributed by atoms with Gasteiger partial charge in [-0.1, -0.05) is 12.1 Å². The number of ether oxygens (including phenoxy) is 1. The molecule has 28 heavy (non-hydrogen) atoms. The van der Waals surface area contributed by atoms with Crippen LogP contribution in [0.5, 0.6) is 0 Å². The van der Waals surface area contributed by atoms with E-state index in [4.69, 9.17) is 10.5 Å². The number of morpholine rings is 1. The molecule has 0 aliphatic carbocycles. The van der Waals surface area contributed by atoms with Crippen LogP contribution < -0.4 is 10.6 Å². The minimum absolute atomic E-state index is 0.109. The summed E-state index contributed by atoms with van der Waals surface area (Å²) in [5.41, 5.74) is 4.61. The number of rotatable bonds is 4. The number of carbonyl (C=O) groups excluding carboxylic acids is 1. The predicted molar refractivity (Wildman–Crippen MR) is 91.8 cm³/mol. The molecule has 8 nitrogen and oxygen atoms in total. The quantitative estimate of drug-likeness (QED) is 0.628. The van der Waals surface area contributed by atoms with Crippen molar-refractivity contribution in [3.63, 3.8) is 0 Å². The number of nitro groups is 1. The van der Waals surface area contributed by atoms with Gasteiger partial charge in [0, 0.05) is 19.2 Å². The zero-order chi connectivity index (χ0) is 20.5. The number of benzene rings is 1. The van der Waals surface area contributed by atoms with Gasteiger partial charge >= 0.3 is 6.18 Å². The van der Waals surface area contributed by atoms with Crippen LogP contribution in [0, 0.1) is 10.1 Å². The Morgan fingerprint density at radius 2 is 2.00 bits per heavy atom. The number of primary amides is 1. The highest BCUT2D eigenvalue weighted by Crippen LogP contribution is 2.32. The third kappa shape index (κ3) is 4.03. The Morgan fingerprint density at radius 1 is 1.32 bits per heavy atom. The van der Waals surface area contributed by atoms with Gasteiger partial charge in [0.1, 0.15) is 18.1 Å². The van der Waals surface area contributed by atoms with Crippen LogP contribution in [0.25, 0.3) is 0 Å². The second-order valence-electron chi connectivity index (χ2n) is 6.11. The molecule has 148 valence electrons. The van der Waals surface area contributed by atoms with Gasteiger partial charge in [-0.3, -0.25) is 14.9 Å². The predicted octanol–water partition coefficient (Wildman–Crippen LogP) is 2.69. The van der Waals surface area contributed by atoms with Crippen molar-refractivity contribution in [2.24, 2.45) is 5.73 Å². The van der Waals surface area contributed by atoms with E-state index in [9.17, 15) is 28.1 Å². The number of hydrogen-bond acceptors (Lipinski definition) is 6. The Balaban J connectivity index is 1.85. The van der Waals surface area contributed by atoms with E-state index in [0.29, 0.717) is 12.1 Å². The number of nitrogens with two attached hydrogens (primary N) is 1. The van der Waals surface area contributed by atoms with Crippen molar-refractivity contribution in [3.05, 3.63) is 63.3 Å². The first-order valence-corrected chi connectivity index (χ1v) is 8.15. The molecule has 1 aromatic carbocycles. The van der Waals surface area contributed by atoms with Gasteiger partial charge in [0.05, 0.1) is 22.7 Å². The number of alkyl halides is 3. The first kappa shape index (κ1) is 19.5. The molecule has 2 N–H and O–H groups in total. The lowest BCUT2D eigenvalue weighted by molar-refractivity contribution is -0.385. The zero-order valence-electron chi connectivity index (χ0n) is 14.3. The van der Waals surface area contributed by atoms with E-state index in [0.717, 1.165) is 24.4 Å². The lowest BCUT2D eigenvalue weighted by Gasteiger charge is -2.34. The number of aromatic nitrogens is 1. The van der Waals surface area contributed by atoms with E-state index in [1.807, 2.05) is 0 Å². The zero-order valence-corrected chi connectivity index (χ0v) is 14.3. The highest BCUT2D eigenvalue weighted by molar-refractivity contribution is 5.98. The first-order valence-electron chi connectivity index (χ1n) is 8.15. The number of hydrogen-bond donors (Lipinski definition) is 1. The fourth-order valence-corrected chi connectivity index (χ4v) is 2.91. The van der Waals surface area contributed by atoms with Crippen molar-refractivity contribution in [2.45, 2.75) is 12.3 Å². The molecular weight excluding hydrogens is 381 g/mol. The number of pyridine rings is 1. The van der Waals surface area contributed by atoms with Crippen molar-refractivity contribution in [1.29, 1.82) is 0 Å². The molecular formula is C17H15F3N4O4. The first-order chi connectivity index (χ1) is 13.2. The summed E-state index contributed by atoms with van der Waals surface area (Å²) in [5, 5.41) is 10.9. The van der Waals surface area contributed by atoms with Crippen LogP contribution in [0.4, 0.5) is 24.7 Å². The van der Waals surface area contributed by atoms with E-state index in [-0.39, 0.29) is 30.2 Å². The number of nitrogens with zero attached hydrogens (tertiary/aromatic N) is 3. The molecule has 11 heteroatoms. The highest BCUT2D eigenvalue weighted by atomic mass is 19.4. The number of carbonyl (C=O) groups is 1. The molecule has 3 rings (SSSR count). The SMILES string of the molecule is NC(=O)c1cc([N+](=O)[O-])cnc1N1CCOC(c2ccc(C(F)(F)F)cc2)C1. The Labute approximate surface area is 156 Å². The minimum atomic E-state index is -4.43. The summed E-state index contributed by atoms with van der Waals surface area (Å²) >= 11 is 0. The van der Waals surface area contributed by atoms with Crippen LogP contribution in [-0.2, 0) is 10.9 Å². The van der Waals surface area contributed by atoms with Crippen LogP contribution in [0.3, 0.4) is 0 Å². The van der Waals surface area contributed by atoms with Gasteiger partial charge in [-0.25, -0.2) is 4.98 Å². The topological polar surface area (TPSA) is 112 Å². The van der Waals surface area contributed by atoms with Gasteiger partial charge in [0.2, 0.25) is 0 Å². The molecule has 0 radical (unpaired) electrons. The smallest absolute Gasteiger partial charge is 0.370 e. The number of halogens is 3. The summed E-state index contributed by atoms with van der Waals surface area (Å²) in [5.74, 6) is -0.706. The fraction of sp³-hybridized carbons (Fsp3) is 0.294. The van der Waals surface area contributed by atoms with Gasteiger partial charge in [-0.2, -0.15) is 13.2 Å². The molecule has 1 atom stereocenters. The summed E-state index contributed by atoms with van der Waals surface area (Å²) in [6, 6.07) is 5.64. The molecule has 1 amide bonds. The maximum Gasteiger partial charge on any atom is 0.416 e. The Hall–Kier alpha value is -3.21. The summed E-state index contributed by atoms with van der Waals surface area (Å²) in [4.78, 5) is 27.6. The van der Waals surface area contributed by atoms with Gasteiger partial charge < -0.3 is 15.4 Å². The van der Waals surface area contributed by atoms with Crippen LogP contribution >= 0.6 is 0 Å².